The lowest BCUT2D eigenvalue weighted by Gasteiger charge is -2.27. The molecular weight excluding hydrogens is 399 g/mol. The molecule has 0 saturated heterocycles. The standard InChI is InChI=1S/C23H19FN4OS/c24-17-5-3-15(4-6-17)21-8-7-18(30-21)13-28-11-9-20-19(14-28)23(29)27-22(26-20)16-2-1-10-25-12-16/h1-8,10,12H,9,11,13-14H2,(H,26,27,29). The minimum absolute atomic E-state index is 0.0817. The molecule has 0 unspecified atom stereocenters. The lowest BCUT2D eigenvalue weighted by atomic mass is 10.1. The van der Waals surface area contributed by atoms with Crippen LogP contribution in [-0.4, -0.2) is 26.4 Å². The second-order valence-corrected chi connectivity index (χ2v) is 8.48. The van der Waals surface area contributed by atoms with E-state index in [-0.39, 0.29) is 11.4 Å². The highest BCUT2D eigenvalue weighted by atomic mass is 32.1. The third kappa shape index (κ3) is 3.81. The Morgan fingerprint density at radius 1 is 1.10 bits per heavy atom. The predicted octanol–water partition coefficient (Wildman–Crippen LogP) is 4.26. The summed E-state index contributed by atoms with van der Waals surface area (Å²) < 4.78 is 13.2. The van der Waals surface area contributed by atoms with Crippen molar-refractivity contribution in [3.05, 3.63) is 93.2 Å². The van der Waals surface area contributed by atoms with Gasteiger partial charge in [-0.25, -0.2) is 9.37 Å². The summed E-state index contributed by atoms with van der Waals surface area (Å²) in [7, 11) is 0. The number of halogens is 1. The van der Waals surface area contributed by atoms with E-state index in [1.165, 1.54) is 17.0 Å². The van der Waals surface area contributed by atoms with Gasteiger partial charge in [-0.3, -0.25) is 14.7 Å². The van der Waals surface area contributed by atoms with Crippen LogP contribution in [0.15, 0.2) is 65.7 Å². The van der Waals surface area contributed by atoms with Crippen LogP contribution >= 0.6 is 11.3 Å². The van der Waals surface area contributed by atoms with Crippen LogP contribution in [0, 0.1) is 5.82 Å². The number of rotatable bonds is 4. The Hall–Kier alpha value is -3.16. The van der Waals surface area contributed by atoms with Crippen molar-refractivity contribution >= 4 is 11.3 Å². The summed E-state index contributed by atoms with van der Waals surface area (Å²) in [5.74, 6) is 0.343. The Labute approximate surface area is 176 Å². The maximum Gasteiger partial charge on any atom is 0.255 e. The highest BCUT2D eigenvalue weighted by Gasteiger charge is 2.22. The van der Waals surface area contributed by atoms with Crippen LogP contribution in [0.1, 0.15) is 16.1 Å². The number of benzene rings is 1. The first-order valence-corrected chi connectivity index (χ1v) is 10.6. The zero-order valence-corrected chi connectivity index (χ0v) is 17.0. The number of pyridine rings is 1. The van der Waals surface area contributed by atoms with Crippen molar-refractivity contribution in [3.8, 4) is 21.8 Å². The molecule has 4 aromatic rings. The van der Waals surface area contributed by atoms with Crippen molar-refractivity contribution in [1.82, 2.24) is 19.9 Å². The average Bonchev–Trinajstić information content (AvgIpc) is 3.23. The van der Waals surface area contributed by atoms with Gasteiger partial charge in [0.15, 0.2) is 0 Å². The number of nitrogens with zero attached hydrogens (tertiary/aromatic N) is 3. The zero-order valence-electron chi connectivity index (χ0n) is 16.1. The maximum atomic E-state index is 13.2. The Morgan fingerprint density at radius 2 is 1.97 bits per heavy atom. The predicted molar refractivity (Wildman–Crippen MR) is 116 cm³/mol. The van der Waals surface area contributed by atoms with Crippen molar-refractivity contribution in [2.24, 2.45) is 0 Å². The molecule has 5 nitrogen and oxygen atoms in total. The van der Waals surface area contributed by atoms with E-state index in [1.54, 1.807) is 35.9 Å². The topological polar surface area (TPSA) is 61.9 Å². The molecule has 4 heterocycles. The van der Waals surface area contributed by atoms with E-state index in [1.807, 2.05) is 12.1 Å². The van der Waals surface area contributed by atoms with Crippen LogP contribution in [0.5, 0.6) is 0 Å². The highest BCUT2D eigenvalue weighted by Crippen LogP contribution is 2.30. The third-order valence-electron chi connectivity index (χ3n) is 5.25. The van der Waals surface area contributed by atoms with E-state index in [9.17, 15) is 9.18 Å². The second kappa shape index (κ2) is 7.93. The maximum absolute atomic E-state index is 13.2. The van der Waals surface area contributed by atoms with Gasteiger partial charge in [0.25, 0.3) is 5.56 Å². The molecule has 1 aromatic carbocycles. The summed E-state index contributed by atoms with van der Waals surface area (Å²) >= 11 is 1.70. The van der Waals surface area contributed by atoms with Crippen molar-refractivity contribution in [3.63, 3.8) is 0 Å². The average molecular weight is 418 g/mol. The molecule has 5 rings (SSSR count). The Bertz CT molecular complexity index is 1230. The van der Waals surface area contributed by atoms with E-state index in [0.717, 1.165) is 46.8 Å². The Kier molecular flexibility index (Phi) is 4.98. The van der Waals surface area contributed by atoms with Crippen LogP contribution < -0.4 is 5.56 Å². The number of H-pyrrole nitrogens is 1. The second-order valence-electron chi connectivity index (χ2n) is 7.31. The van der Waals surface area contributed by atoms with Crippen molar-refractivity contribution in [1.29, 1.82) is 0 Å². The first-order valence-electron chi connectivity index (χ1n) is 9.75. The zero-order chi connectivity index (χ0) is 20.5. The fraction of sp³-hybridized carbons (Fsp3) is 0.174. The van der Waals surface area contributed by atoms with Gasteiger partial charge < -0.3 is 4.98 Å². The number of hydrogen-bond donors (Lipinski definition) is 1. The van der Waals surface area contributed by atoms with E-state index in [2.05, 4.69) is 32.0 Å². The molecule has 30 heavy (non-hydrogen) atoms. The summed E-state index contributed by atoms with van der Waals surface area (Å²) in [5.41, 5.74) is 3.35. The number of aromatic nitrogens is 3. The minimum atomic E-state index is -0.229. The molecular formula is C23H19FN4OS. The molecule has 0 amide bonds. The van der Waals surface area contributed by atoms with Gasteiger partial charge in [-0.1, -0.05) is 12.1 Å². The largest absolute Gasteiger partial charge is 0.306 e. The quantitative estimate of drug-likeness (QED) is 0.538. The molecule has 1 aliphatic heterocycles. The van der Waals surface area contributed by atoms with E-state index in [0.29, 0.717) is 12.4 Å². The van der Waals surface area contributed by atoms with E-state index >= 15 is 0 Å². The number of aromatic amines is 1. The van der Waals surface area contributed by atoms with Crippen LogP contribution in [0.25, 0.3) is 21.8 Å². The van der Waals surface area contributed by atoms with Crippen molar-refractivity contribution < 1.29 is 4.39 Å². The molecule has 0 bridgehead atoms. The lowest BCUT2D eigenvalue weighted by molar-refractivity contribution is 0.244. The minimum Gasteiger partial charge on any atom is -0.306 e. The first-order chi connectivity index (χ1) is 14.7. The molecule has 1 N–H and O–H groups in total. The Morgan fingerprint density at radius 3 is 2.77 bits per heavy atom. The highest BCUT2D eigenvalue weighted by molar-refractivity contribution is 7.15. The number of hydrogen-bond acceptors (Lipinski definition) is 5. The van der Waals surface area contributed by atoms with Gasteiger partial charge in [0, 0.05) is 53.8 Å². The lowest BCUT2D eigenvalue weighted by Crippen LogP contribution is -2.35. The molecule has 0 saturated carbocycles. The van der Waals surface area contributed by atoms with Crippen LogP contribution in [0.3, 0.4) is 0 Å². The number of thiophene rings is 1. The summed E-state index contributed by atoms with van der Waals surface area (Å²) in [6.07, 6.45) is 4.14. The monoisotopic (exact) mass is 418 g/mol. The number of nitrogens with one attached hydrogen (secondary N) is 1. The molecule has 0 aliphatic carbocycles. The fourth-order valence-electron chi connectivity index (χ4n) is 3.71. The van der Waals surface area contributed by atoms with Gasteiger partial charge in [-0.2, -0.15) is 0 Å². The molecule has 0 radical (unpaired) electrons. The molecule has 150 valence electrons. The summed E-state index contributed by atoms with van der Waals surface area (Å²) in [6.45, 7) is 2.20. The number of fused-ring (bicyclic) bond motifs is 1. The van der Waals surface area contributed by atoms with Gasteiger partial charge in [-0.15, -0.1) is 11.3 Å². The molecule has 3 aromatic heterocycles. The van der Waals surface area contributed by atoms with Gasteiger partial charge in [0.05, 0.1) is 11.3 Å². The van der Waals surface area contributed by atoms with Gasteiger partial charge in [0.1, 0.15) is 11.6 Å². The SMILES string of the molecule is O=c1[nH]c(-c2cccnc2)nc2c1CN(Cc1ccc(-c3ccc(F)cc3)s1)CC2. The molecule has 0 spiro atoms. The van der Waals surface area contributed by atoms with E-state index in [4.69, 9.17) is 0 Å². The van der Waals surface area contributed by atoms with Crippen molar-refractivity contribution in [2.45, 2.75) is 19.5 Å². The third-order valence-corrected chi connectivity index (χ3v) is 6.37. The van der Waals surface area contributed by atoms with E-state index < -0.39 is 0 Å². The molecule has 0 fully saturated rings. The summed E-state index contributed by atoms with van der Waals surface area (Å²) in [5, 5.41) is 0. The molecule has 1 aliphatic rings. The molecule has 0 atom stereocenters. The van der Waals surface area contributed by atoms with Gasteiger partial charge in [0.2, 0.25) is 0 Å². The van der Waals surface area contributed by atoms with Crippen molar-refractivity contribution in [2.75, 3.05) is 6.54 Å². The van der Waals surface area contributed by atoms with Gasteiger partial charge in [-0.05, 0) is 42.0 Å². The van der Waals surface area contributed by atoms with Crippen LogP contribution in [0.2, 0.25) is 0 Å². The van der Waals surface area contributed by atoms with Gasteiger partial charge >= 0.3 is 0 Å². The molecule has 7 heteroatoms. The summed E-state index contributed by atoms with van der Waals surface area (Å²) in [6, 6.07) is 14.5. The first kappa shape index (κ1) is 18.8. The summed E-state index contributed by atoms with van der Waals surface area (Å²) in [4.78, 5) is 29.0. The Balaban J connectivity index is 1.33. The fourth-order valence-corrected chi connectivity index (χ4v) is 4.76. The van der Waals surface area contributed by atoms with Crippen LogP contribution in [-0.2, 0) is 19.5 Å². The normalized spacial score (nSPS) is 13.9. The van der Waals surface area contributed by atoms with Crippen LogP contribution in [0.4, 0.5) is 4.39 Å². The smallest absolute Gasteiger partial charge is 0.255 e.